The molecule has 1 aliphatic heterocycles. The number of hydrogen-bond donors (Lipinski definition) is 2. The van der Waals surface area contributed by atoms with Gasteiger partial charge in [0.25, 0.3) is 5.91 Å². The van der Waals surface area contributed by atoms with Crippen LogP contribution in [0.25, 0.3) is 10.9 Å². The first kappa shape index (κ1) is 21.9. The number of nitrogens with zero attached hydrogens (tertiary/aromatic N) is 6. The van der Waals surface area contributed by atoms with Gasteiger partial charge in [-0.2, -0.15) is 5.10 Å². The van der Waals surface area contributed by atoms with Crippen molar-refractivity contribution >= 4 is 39.7 Å². The van der Waals surface area contributed by atoms with Crippen molar-refractivity contribution in [3.8, 4) is 0 Å². The third-order valence-corrected chi connectivity index (χ3v) is 6.46. The topological polar surface area (TPSA) is 127 Å². The predicted molar refractivity (Wildman–Crippen MR) is 129 cm³/mol. The smallest absolute Gasteiger partial charge is 0.284 e. The minimum atomic E-state index is -0.343. The maximum absolute atomic E-state index is 13.7. The number of hydrogen-bond acceptors (Lipinski definition) is 8. The van der Waals surface area contributed by atoms with Gasteiger partial charge in [-0.1, -0.05) is 0 Å². The van der Waals surface area contributed by atoms with Crippen LogP contribution in [0.1, 0.15) is 29.0 Å². The van der Waals surface area contributed by atoms with Crippen molar-refractivity contribution in [2.75, 3.05) is 35.2 Å². The van der Waals surface area contributed by atoms with Gasteiger partial charge >= 0.3 is 0 Å². The number of aryl methyl sites for hydroxylation is 2. The van der Waals surface area contributed by atoms with E-state index < -0.39 is 0 Å². The van der Waals surface area contributed by atoms with Crippen molar-refractivity contribution in [2.45, 2.75) is 19.8 Å². The number of aliphatic hydroxyl groups excluding tert-OH is 1. The molecule has 176 valence electrons. The Hall–Kier alpha value is -3.92. The lowest BCUT2D eigenvalue weighted by atomic mass is 9.97. The second-order valence-electron chi connectivity index (χ2n) is 8.63. The number of fused-ring (bicyclic) bond motifs is 1. The molecule has 5 rings (SSSR count). The summed E-state index contributed by atoms with van der Waals surface area (Å²) in [6.45, 7) is 3.71. The van der Waals surface area contributed by atoms with Crippen molar-refractivity contribution in [2.24, 2.45) is 13.0 Å². The molecule has 0 aliphatic carbocycles. The fourth-order valence-corrected chi connectivity index (χ4v) is 4.62. The summed E-state index contributed by atoms with van der Waals surface area (Å²) < 4.78 is 6.92. The molecule has 0 bridgehead atoms. The fourth-order valence-electron chi connectivity index (χ4n) is 4.62. The van der Waals surface area contributed by atoms with E-state index in [2.05, 4.69) is 26.0 Å². The number of amides is 1. The average molecular weight is 462 g/mol. The number of oxazole rings is 1. The monoisotopic (exact) mass is 461 g/mol. The average Bonchev–Trinajstić information content (AvgIpc) is 3.47. The Kier molecular flexibility index (Phi) is 5.66. The van der Waals surface area contributed by atoms with Gasteiger partial charge in [0, 0.05) is 44.4 Å². The number of aliphatic hydroxyl groups is 1. The van der Waals surface area contributed by atoms with Crippen molar-refractivity contribution in [1.29, 1.82) is 0 Å². The first-order valence-electron chi connectivity index (χ1n) is 11.2. The summed E-state index contributed by atoms with van der Waals surface area (Å²) >= 11 is 0. The van der Waals surface area contributed by atoms with Crippen LogP contribution in [0.5, 0.6) is 0 Å². The Labute approximate surface area is 196 Å². The van der Waals surface area contributed by atoms with E-state index in [1.54, 1.807) is 23.2 Å². The Morgan fingerprint density at radius 3 is 2.74 bits per heavy atom. The second-order valence-corrected chi connectivity index (χ2v) is 8.63. The van der Waals surface area contributed by atoms with Crippen LogP contribution in [0.4, 0.5) is 22.9 Å². The van der Waals surface area contributed by atoms with Crippen LogP contribution in [-0.4, -0.2) is 50.5 Å². The Morgan fingerprint density at radius 1 is 1.26 bits per heavy atom. The van der Waals surface area contributed by atoms with E-state index in [4.69, 9.17) is 10.2 Å². The number of aromatic nitrogens is 4. The highest BCUT2D eigenvalue weighted by atomic mass is 16.3. The van der Waals surface area contributed by atoms with Crippen LogP contribution in [0.2, 0.25) is 0 Å². The van der Waals surface area contributed by atoms with Crippen molar-refractivity contribution in [3.63, 3.8) is 0 Å². The highest BCUT2D eigenvalue weighted by Gasteiger charge is 2.29. The maximum Gasteiger partial charge on any atom is 0.284 e. The molecule has 1 aliphatic rings. The zero-order valence-electron chi connectivity index (χ0n) is 19.2. The number of carbonyl (C=O) groups excluding carboxylic acids is 1. The molecule has 0 unspecified atom stereocenters. The van der Waals surface area contributed by atoms with E-state index >= 15 is 0 Å². The van der Waals surface area contributed by atoms with Crippen LogP contribution in [0.15, 0.2) is 47.5 Å². The number of carbonyl (C=O) groups is 1. The molecule has 10 heteroatoms. The zero-order valence-corrected chi connectivity index (χ0v) is 19.2. The third-order valence-electron chi connectivity index (χ3n) is 6.46. The standard InChI is InChI=1S/C24H27N7O3/c1-15-18-10-21(30-7-4-16(12-32)5-8-30)22(11-20(18)29(2)28-15)31(17-3-6-26-23(25)9-17)24(33)19-13-34-14-27-19/h3,6,9-11,13-14,16,32H,4-5,7-8,12H2,1-2H3,(H2,25,26). The van der Waals surface area contributed by atoms with E-state index in [1.165, 1.54) is 12.7 Å². The molecule has 0 atom stereocenters. The largest absolute Gasteiger partial charge is 0.451 e. The molecule has 4 heterocycles. The van der Waals surface area contributed by atoms with Gasteiger partial charge in [0.05, 0.1) is 28.3 Å². The minimum Gasteiger partial charge on any atom is -0.451 e. The summed E-state index contributed by atoms with van der Waals surface area (Å²) in [6, 6.07) is 7.49. The number of benzene rings is 1. The van der Waals surface area contributed by atoms with Crippen molar-refractivity contribution in [3.05, 3.63) is 54.5 Å². The molecule has 1 amide bonds. The van der Waals surface area contributed by atoms with Crippen LogP contribution in [0, 0.1) is 12.8 Å². The highest BCUT2D eigenvalue weighted by molar-refractivity contribution is 6.13. The number of anilines is 4. The molecular formula is C24H27N7O3. The molecule has 1 saturated heterocycles. The van der Waals surface area contributed by atoms with E-state index in [-0.39, 0.29) is 24.1 Å². The molecule has 0 spiro atoms. The van der Waals surface area contributed by atoms with Crippen LogP contribution in [0.3, 0.4) is 0 Å². The van der Waals surface area contributed by atoms with Gasteiger partial charge in [-0.25, -0.2) is 9.97 Å². The molecular weight excluding hydrogens is 434 g/mol. The SMILES string of the molecule is Cc1nn(C)c2cc(N(C(=O)c3cocn3)c3ccnc(N)c3)c(N3CCC(CO)CC3)cc12. The first-order valence-corrected chi connectivity index (χ1v) is 11.2. The lowest BCUT2D eigenvalue weighted by Gasteiger charge is -2.36. The molecule has 34 heavy (non-hydrogen) atoms. The molecule has 1 fully saturated rings. The maximum atomic E-state index is 13.7. The zero-order chi connectivity index (χ0) is 23.8. The molecule has 3 aromatic heterocycles. The van der Waals surface area contributed by atoms with Crippen LogP contribution >= 0.6 is 0 Å². The normalized spacial score (nSPS) is 14.6. The third kappa shape index (κ3) is 3.86. The lowest BCUT2D eigenvalue weighted by Crippen LogP contribution is -2.36. The molecule has 0 radical (unpaired) electrons. The fraction of sp³-hybridized carbons (Fsp3) is 0.333. The number of pyridine rings is 1. The summed E-state index contributed by atoms with van der Waals surface area (Å²) in [7, 11) is 1.89. The summed E-state index contributed by atoms with van der Waals surface area (Å²) in [6.07, 6.45) is 5.89. The first-order chi connectivity index (χ1) is 16.5. The molecule has 1 aromatic carbocycles. The quantitative estimate of drug-likeness (QED) is 0.464. The van der Waals surface area contributed by atoms with Crippen LogP contribution < -0.4 is 15.5 Å². The highest BCUT2D eigenvalue weighted by Crippen LogP contribution is 2.41. The van der Waals surface area contributed by atoms with E-state index in [0.717, 1.165) is 48.2 Å². The van der Waals surface area contributed by atoms with Crippen molar-refractivity contribution in [1.82, 2.24) is 19.7 Å². The summed E-state index contributed by atoms with van der Waals surface area (Å²) in [5.41, 5.74) is 10.2. The van der Waals surface area contributed by atoms with Gasteiger partial charge in [-0.3, -0.25) is 14.4 Å². The molecule has 10 nitrogen and oxygen atoms in total. The van der Waals surface area contributed by atoms with E-state index in [9.17, 15) is 9.90 Å². The Balaban J connectivity index is 1.72. The molecule has 3 N–H and O–H groups in total. The number of piperidine rings is 1. The number of rotatable bonds is 5. The van der Waals surface area contributed by atoms with E-state index in [0.29, 0.717) is 17.2 Å². The minimum absolute atomic E-state index is 0.182. The van der Waals surface area contributed by atoms with Crippen molar-refractivity contribution < 1.29 is 14.3 Å². The summed E-state index contributed by atoms with van der Waals surface area (Å²) in [4.78, 5) is 25.8. The molecule has 0 saturated carbocycles. The molecule has 4 aromatic rings. The summed E-state index contributed by atoms with van der Waals surface area (Å²) in [5, 5.41) is 15.2. The van der Waals surface area contributed by atoms with Gasteiger partial charge in [-0.15, -0.1) is 0 Å². The number of nitrogen functional groups attached to an aromatic ring is 1. The number of nitrogens with two attached hydrogens (primary N) is 1. The van der Waals surface area contributed by atoms with Gasteiger partial charge in [-0.05, 0) is 43.9 Å². The van der Waals surface area contributed by atoms with E-state index in [1.807, 2.05) is 24.7 Å². The lowest BCUT2D eigenvalue weighted by molar-refractivity contribution is 0.0994. The second kappa shape index (κ2) is 8.79. The Morgan fingerprint density at radius 2 is 2.06 bits per heavy atom. The predicted octanol–water partition coefficient (Wildman–Crippen LogP) is 3.03. The van der Waals surface area contributed by atoms with Gasteiger partial charge < -0.3 is 20.2 Å². The van der Waals surface area contributed by atoms with Crippen LogP contribution in [-0.2, 0) is 7.05 Å². The van der Waals surface area contributed by atoms with Gasteiger partial charge in [0.1, 0.15) is 12.1 Å². The summed E-state index contributed by atoms with van der Waals surface area (Å²) in [5.74, 6) is 0.249. The van der Waals surface area contributed by atoms with Gasteiger partial charge in [0.15, 0.2) is 12.1 Å². The Bertz CT molecular complexity index is 1320. The van der Waals surface area contributed by atoms with Gasteiger partial charge in [0.2, 0.25) is 0 Å².